The van der Waals surface area contributed by atoms with Gasteiger partial charge in [-0.15, -0.1) is 0 Å². The minimum absolute atomic E-state index is 0.0234. The Balaban J connectivity index is 1.89. The summed E-state index contributed by atoms with van der Waals surface area (Å²) in [5.74, 6) is -1.29. The van der Waals surface area contributed by atoms with E-state index in [1.807, 2.05) is 39.5 Å². The maximum atomic E-state index is 15.8. The molecule has 4 heterocycles. The van der Waals surface area contributed by atoms with Crippen molar-refractivity contribution >= 4 is 23.3 Å². The number of carbonyl (C=O) groups excluding carboxylic acids is 1. The van der Waals surface area contributed by atoms with Crippen molar-refractivity contribution in [1.82, 2.24) is 29.4 Å². The molecule has 1 aromatic carbocycles. The number of anilines is 1. The Hall–Kier alpha value is -4.28. The number of nitrogens with zero attached hydrogens (tertiary/aromatic N) is 7. The zero-order valence-corrected chi connectivity index (χ0v) is 23.1. The van der Waals surface area contributed by atoms with E-state index in [2.05, 4.69) is 19.9 Å². The Bertz CT molecular complexity index is 1630. The summed E-state index contributed by atoms with van der Waals surface area (Å²) < 4.78 is 31.9. The third-order valence-electron chi connectivity index (χ3n) is 7.21. The molecular weight excluding hydrogens is 516 g/mol. The van der Waals surface area contributed by atoms with Gasteiger partial charge in [0.05, 0.1) is 22.5 Å². The van der Waals surface area contributed by atoms with Crippen molar-refractivity contribution in [3.8, 4) is 16.9 Å². The zero-order chi connectivity index (χ0) is 28.7. The van der Waals surface area contributed by atoms with Gasteiger partial charge in [0.2, 0.25) is 6.41 Å². The average Bonchev–Trinajstić information content (AvgIpc) is 2.92. The van der Waals surface area contributed by atoms with E-state index in [1.165, 1.54) is 35.2 Å². The lowest BCUT2D eigenvalue weighted by atomic mass is 10.0. The first kappa shape index (κ1) is 27.3. The molecule has 3 aromatic heterocycles. The molecule has 1 saturated heterocycles. The van der Waals surface area contributed by atoms with Crippen LogP contribution in [0.4, 0.5) is 14.6 Å². The molecule has 0 saturated carbocycles. The average molecular weight is 548 g/mol. The van der Waals surface area contributed by atoms with Crippen molar-refractivity contribution in [2.24, 2.45) is 0 Å². The molecule has 1 aliphatic heterocycles. The lowest BCUT2D eigenvalue weighted by Gasteiger charge is -2.39. The van der Waals surface area contributed by atoms with Gasteiger partial charge < -0.3 is 9.80 Å². The highest BCUT2D eigenvalue weighted by atomic mass is 19.1. The Morgan fingerprint density at radius 2 is 1.65 bits per heavy atom. The summed E-state index contributed by atoms with van der Waals surface area (Å²) in [5.41, 5.74) is 0.918. The minimum atomic E-state index is -0.748. The summed E-state index contributed by atoms with van der Waals surface area (Å²) >= 11 is 0. The Labute approximate surface area is 230 Å². The number of hydrogen-bond acceptors (Lipinski definition) is 7. The standard InChI is InChI=1S/C29H31F2N7O2/c1-16(2)23-26(24(17(3)4)33-14-32-23)38-28-20(12-22(31)25(34-28)19-8-6-7-9-21(19)30)27(35-29(38)40)37-11-10-36(15-39)13-18(37)5/h6-9,12,14-18H,10-11,13H2,1-5H3. The number of piperazine rings is 1. The van der Waals surface area contributed by atoms with E-state index >= 15 is 4.39 Å². The molecule has 1 unspecified atom stereocenters. The first-order valence-electron chi connectivity index (χ1n) is 13.3. The largest absolute Gasteiger partial charge is 0.355 e. The highest BCUT2D eigenvalue weighted by molar-refractivity contribution is 5.90. The Morgan fingerprint density at radius 1 is 0.975 bits per heavy atom. The Kier molecular flexibility index (Phi) is 7.31. The second-order valence-corrected chi connectivity index (χ2v) is 10.7. The number of aromatic nitrogens is 5. The van der Waals surface area contributed by atoms with Crippen LogP contribution in [0.1, 0.15) is 57.8 Å². The molecule has 0 aliphatic carbocycles. The molecule has 0 N–H and O–H groups in total. The molecular formula is C29H31F2N7O2. The second kappa shape index (κ2) is 10.7. The summed E-state index contributed by atoms with van der Waals surface area (Å²) in [7, 11) is 0. The Morgan fingerprint density at radius 3 is 2.25 bits per heavy atom. The van der Waals surface area contributed by atoms with Crippen LogP contribution >= 0.6 is 0 Å². The third kappa shape index (κ3) is 4.69. The molecule has 0 spiro atoms. The topological polar surface area (TPSA) is 97.1 Å². The van der Waals surface area contributed by atoms with Gasteiger partial charge in [-0.3, -0.25) is 4.79 Å². The van der Waals surface area contributed by atoms with Gasteiger partial charge in [-0.05, 0) is 37.0 Å². The molecule has 1 fully saturated rings. The van der Waals surface area contributed by atoms with Gasteiger partial charge in [0.25, 0.3) is 0 Å². The van der Waals surface area contributed by atoms with Crippen molar-refractivity contribution in [3.63, 3.8) is 0 Å². The maximum absolute atomic E-state index is 15.8. The maximum Gasteiger partial charge on any atom is 0.355 e. The zero-order valence-electron chi connectivity index (χ0n) is 23.1. The summed E-state index contributed by atoms with van der Waals surface area (Å²) in [6.07, 6.45) is 2.25. The van der Waals surface area contributed by atoms with Crippen LogP contribution in [0.15, 0.2) is 41.5 Å². The van der Waals surface area contributed by atoms with E-state index in [-0.39, 0.29) is 46.0 Å². The lowest BCUT2D eigenvalue weighted by Crippen LogP contribution is -2.52. The van der Waals surface area contributed by atoms with Crippen molar-refractivity contribution in [2.75, 3.05) is 24.5 Å². The predicted molar refractivity (Wildman–Crippen MR) is 149 cm³/mol. The summed E-state index contributed by atoms with van der Waals surface area (Å²) in [5, 5.41) is 0.289. The van der Waals surface area contributed by atoms with Gasteiger partial charge in [0.15, 0.2) is 5.65 Å². The molecule has 11 heteroatoms. The molecule has 208 valence electrons. The fourth-order valence-electron chi connectivity index (χ4n) is 5.25. The van der Waals surface area contributed by atoms with Crippen molar-refractivity contribution < 1.29 is 13.6 Å². The van der Waals surface area contributed by atoms with E-state index < -0.39 is 17.3 Å². The van der Waals surface area contributed by atoms with Crippen LogP contribution in [-0.4, -0.2) is 61.5 Å². The third-order valence-corrected chi connectivity index (χ3v) is 7.21. The first-order chi connectivity index (χ1) is 19.1. The van der Waals surface area contributed by atoms with Crippen LogP contribution in [0, 0.1) is 11.6 Å². The lowest BCUT2D eigenvalue weighted by molar-refractivity contribution is -0.118. The molecule has 0 radical (unpaired) electrons. The normalized spacial score (nSPS) is 15.9. The van der Waals surface area contributed by atoms with Crippen molar-refractivity contribution in [3.05, 3.63) is 70.2 Å². The van der Waals surface area contributed by atoms with Crippen molar-refractivity contribution in [1.29, 1.82) is 0 Å². The van der Waals surface area contributed by atoms with Crippen LogP contribution in [0.5, 0.6) is 0 Å². The first-order valence-corrected chi connectivity index (χ1v) is 13.3. The van der Waals surface area contributed by atoms with E-state index in [4.69, 9.17) is 0 Å². The van der Waals surface area contributed by atoms with Crippen LogP contribution < -0.4 is 10.6 Å². The van der Waals surface area contributed by atoms with Crippen molar-refractivity contribution in [2.45, 2.75) is 52.5 Å². The summed E-state index contributed by atoms with van der Waals surface area (Å²) in [6.45, 7) is 11.0. The molecule has 40 heavy (non-hydrogen) atoms. The number of pyridine rings is 1. The van der Waals surface area contributed by atoms with Gasteiger partial charge in [-0.25, -0.2) is 33.1 Å². The monoisotopic (exact) mass is 547 g/mol. The van der Waals surface area contributed by atoms with E-state index in [9.17, 15) is 14.0 Å². The molecule has 1 amide bonds. The predicted octanol–water partition coefficient (Wildman–Crippen LogP) is 4.43. The number of halogens is 2. The van der Waals surface area contributed by atoms with E-state index in [1.54, 1.807) is 11.0 Å². The molecule has 5 rings (SSSR count). The van der Waals surface area contributed by atoms with Crippen LogP contribution in [0.3, 0.4) is 0 Å². The van der Waals surface area contributed by atoms with Crippen LogP contribution in [0.25, 0.3) is 28.0 Å². The number of benzene rings is 1. The number of fused-ring (bicyclic) bond motifs is 1. The smallest absolute Gasteiger partial charge is 0.350 e. The SMILES string of the molecule is CC(C)c1ncnc(C(C)C)c1-n1c(=O)nc(N2CCN(C=O)CC2C)c2cc(F)c(-c3ccccc3F)nc21. The number of rotatable bonds is 6. The van der Waals surface area contributed by atoms with Crippen LogP contribution in [-0.2, 0) is 4.79 Å². The quantitative estimate of drug-likeness (QED) is 0.330. The second-order valence-electron chi connectivity index (χ2n) is 10.7. The molecule has 0 bridgehead atoms. The fourth-order valence-corrected chi connectivity index (χ4v) is 5.25. The molecule has 1 atom stereocenters. The van der Waals surface area contributed by atoms with E-state index in [0.717, 1.165) is 6.41 Å². The van der Waals surface area contributed by atoms with Gasteiger partial charge in [0, 0.05) is 31.2 Å². The van der Waals surface area contributed by atoms with Gasteiger partial charge in [-0.2, -0.15) is 4.98 Å². The van der Waals surface area contributed by atoms with Crippen LogP contribution in [0.2, 0.25) is 0 Å². The fraction of sp³-hybridized carbons (Fsp3) is 0.379. The van der Waals surface area contributed by atoms with Gasteiger partial charge >= 0.3 is 5.69 Å². The van der Waals surface area contributed by atoms with E-state index in [0.29, 0.717) is 36.7 Å². The molecule has 4 aromatic rings. The highest BCUT2D eigenvalue weighted by Gasteiger charge is 2.30. The minimum Gasteiger partial charge on any atom is -0.350 e. The summed E-state index contributed by atoms with van der Waals surface area (Å²) in [4.78, 5) is 46.9. The number of hydrogen-bond donors (Lipinski definition) is 0. The van der Waals surface area contributed by atoms with Gasteiger partial charge in [0.1, 0.15) is 29.5 Å². The highest BCUT2D eigenvalue weighted by Crippen LogP contribution is 2.34. The van der Waals surface area contributed by atoms with Gasteiger partial charge in [-0.1, -0.05) is 39.8 Å². The molecule has 9 nitrogen and oxygen atoms in total. The molecule has 1 aliphatic rings. The summed E-state index contributed by atoms with van der Waals surface area (Å²) in [6, 6.07) is 6.86. The number of carbonyl (C=O) groups is 1. The number of amides is 1.